The first-order chi connectivity index (χ1) is 15.4. The first kappa shape index (κ1) is 22.9. The van der Waals surface area contributed by atoms with Gasteiger partial charge in [-0.2, -0.15) is 0 Å². The van der Waals surface area contributed by atoms with Gasteiger partial charge in [0.25, 0.3) is 0 Å². The van der Waals surface area contributed by atoms with Gasteiger partial charge in [-0.05, 0) is 73.1 Å². The number of carboxylic acids is 1. The number of fused-ring (bicyclic) bond motifs is 1. The molecule has 9 heteroatoms. The first-order valence-electron chi connectivity index (χ1n) is 10.8. The number of aromatic nitrogens is 2. The Bertz CT molecular complexity index is 1170. The van der Waals surface area contributed by atoms with Crippen molar-refractivity contribution in [2.24, 2.45) is 11.3 Å². The minimum atomic E-state index is -4.75. The molecule has 176 valence electrons. The molecule has 1 aliphatic carbocycles. The van der Waals surface area contributed by atoms with Gasteiger partial charge in [0.15, 0.2) is 0 Å². The van der Waals surface area contributed by atoms with Crippen molar-refractivity contribution >= 4 is 28.6 Å². The fraction of sp³-hybridized carbons (Fsp3) is 0.417. The van der Waals surface area contributed by atoms with Crippen LogP contribution in [0.2, 0.25) is 0 Å². The molecular weight excluding hydrogens is 435 g/mol. The smallest absolute Gasteiger partial charge is 0.478 e. The van der Waals surface area contributed by atoms with Crippen molar-refractivity contribution < 1.29 is 27.8 Å². The van der Waals surface area contributed by atoms with Gasteiger partial charge >= 0.3 is 12.3 Å². The Kier molecular flexibility index (Phi) is 5.76. The van der Waals surface area contributed by atoms with Crippen LogP contribution in [0.3, 0.4) is 0 Å². The SMILES string of the molecule is C[C@H]1CC(n2c(Nc3ccc(OC(F)(F)F)cc3)nc3ccc(C(=O)O)cc32)CC(C)(C)C1. The molecule has 0 aliphatic heterocycles. The molecule has 1 heterocycles. The van der Waals surface area contributed by atoms with Gasteiger partial charge < -0.3 is 19.7 Å². The summed E-state index contributed by atoms with van der Waals surface area (Å²) in [5, 5.41) is 12.7. The molecule has 0 amide bonds. The lowest BCUT2D eigenvalue weighted by atomic mass is 9.70. The van der Waals surface area contributed by atoms with Crippen LogP contribution in [0.15, 0.2) is 42.5 Å². The minimum absolute atomic E-state index is 0.0909. The number of carboxylic acid groups (broad SMARTS) is 1. The topological polar surface area (TPSA) is 76.4 Å². The van der Waals surface area contributed by atoms with Crippen molar-refractivity contribution in [1.82, 2.24) is 9.55 Å². The van der Waals surface area contributed by atoms with E-state index in [9.17, 15) is 23.1 Å². The molecule has 0 radical (unpaired) electrons. The molecule has 4 rings (SSSR count). The lowest BCUT2D eigenvalue weighted by Gasteiger charge is -2.40. The third kappa shape index (κ3) is 5.23. The van der Waals surface area contributed by atoms with Gasteiger partial charge in [-0.15, -0.1) is 13.2 Å². The second-order valence-corrected chi connectivity index (χ2v) is 9.58. The molecule has 1 aliphatic rings. The molecule has 1 fully saturated rings. The molecule has 0 spiro atoms. The maximum atomic E-state index is 12.5. The van der Waals surface area contributed by atoms with Gasteiger partial charge in [0, 0.05) is 11.7 Å². The average Bonchev–Trinajstić information content (AvgIpc) is 3.03. The molecule has 33 heavy (non-hydrogen) atoms. The molecular formula is C24H26F3N3O3. The van der Waals surface area contributed by atoms with Gasteiger partial charge in [0.1, 0.15) is 5.75 Å². The van der Waals surface area contributed by atoms with Crippen molar-refractivity contribution in [3.63, 3.8) is 0 Å². The van der Waals surface area contributed by atoms with Gasteiger partial charge in [-0.3, -0.25) is 0 Å². The summed E-state index contributed by atoms with van der Waals surface area (Å²) in [6.07, 6.45) is -1.85. The van der Waals surface area contributed by atoms with E-state index in [1.165, 1.54) is 30.3 Å². The van der Waals surface area contributed by atoms with E-state index in [4.69, 9.17) is 0 Å². The number of benzene rings is 2. The van der Waals surface area contributed by atoms with Gasteiger partial charge in [-0.25, -0.2) is 9.78 Å². The van der Waals surface area contributed by atoms with Crippen LogP contribution in [0.1, 0.15) is 56.4 Å². The van der Waals surface area contributed by atoms with Crippen LogP contribution in [-0.2, 0) is 0 Å². The molecule has 6 nitrogen and oxygen atoms in total. The maximum absolute atomic E-state index is 12.5. The van der Waals surface area contributed by atoms with Crippen molar-refractivity contribution in [2.45, 2.75) is 52.4 Å². The summed E-state index contributed by atoms with van der Waals surface area (Å²) in [6.45, 7) is 6.66. The van der Waals surface area contributed by atoms with E-state index in [-0.39, 0.29) is 22.8 Å². The summed E-state index contributed by atoms with van der Waals surface area (Å²) in [5.74, 6) is -0.329. The van der Waals surface area contributed by atoms with Gasteiger partial charge in [-0.1, -0.05) is 20.8 Å². The van der Waals surface area contributed by atoms with Crippen molar-refractivity contribution in [1.29, 1.82) is 0 Å². The van der Waals surface area contributed by atoms with Crippen LogP contribution in [0.5, 0.6) is 5.75 Å². The lowest BCUT2D eigenvalue weighted by molar-refractivity contribution is -0.274. The number of nitrogens with one attached hydrogen (secondary N) is 1. The third-order valence-electron chi connectivity index (χ3n) is 6.01. The van der Waals surface area contributed by atoms with E-state index >= 15 is 0 Å². The number of alkyl halides is 3. The zero-order chi connectivity index (χ0) is 24.0. The van der Waals surface area contributed by atoms with Crippen LogP contribution in [-0.4, -0.2) is 27.0 Å². The van der Waals surface area contributed by atoms with Crippen LogP contribution in [0.4, 0.5) is 24.8 Å². The fourth-order valence-electron chi connectivity index (χ4n) is 5.05. The molecule has 2 aromatic carbocycles. The predicted molar refractivity (Wildman–Crippen MR) is 119 cm³/mol. The van der Waals surface area contributed by atoms with E-state index in [1.807, 2.05) is 4.57 Å². The molecule has 0 saturated heterocycles. The summed E-state index contributed by atoms with van der Waals surface area (Å²) in [4.78, 5) is 16.3. The van der Waals surface area contributed by atoms with Crippen LogP contribution in [0.25, 0.3) is 11.0 Å². The van der Waals surface area contributed by atoms with E-state index < -0.39 is 12.3 Å². The minimum Gasteiger partial charge on any atom is -0.478 e. The van der Waals surface area contributed by atoms with E-state index in [0.29, 0.717) is 28.6 Å². The normalized spacial score (nSPS) is 20.5. The second-order valence-electron chi connectivity index (χ2n) is 9.58. The molecule has 3 aromatic rings. The van der Waals surface area contributed by atoms with Crippen molar-refractivity contribution in [2.75, 3.05) is 5.32 Å². The van der Waals surface area contributed by atoms with Crippen LogP contribution in [0, 0.1) is 11.3 Å². The second kappa shape index (κ2) is 8.28. The summed E-state index contributed by atoms with van der Waals surface area (Å²) >= 11 is 0. The van der Waals surface area contributed by atoms with Gasteiger partial charge in [0.2, 0.25) is 5.95 Å². The number of rotatable bonds is 5. The number of imidazole rings is 1. The van der Waals surface area contributed by atoms with Gasteiger partial charge in [0.05, 0.1) is 16.6 Å². The quantitative estimate of drug-likeness (QED) is 0.439. The Hall–Kier alpha value is -3.23. The Labute approximate surface area is 189 Å². The Morgan fingerprint density at radius 1 is 1.18 bits per heavy atom. The molecule has 1 unspecified atom stereocenters. The Morgan fingerprint density at radius 2 is 1.88 bits per heavy atom. The van der Waals surface area contributed by atoms with Crippen LogP contribution >= 0.6 is 0 Å². The predicted octanol–water partition coefficient (Wildman–Crippen LogP) is 6.76. The molecule has 2 N–H and O–H groups in total. The van der Waals surface area contributed by atoms with Crippen molar-refractivity contribution in [3.8, 4) is 5.75 Å². The number of nitrogens with zero attached hydrogens (tertiary/aromatic N) is 2. The number of hydrogen-bond acceptors (Lipinski definition) is 4. The highest BCUT2D eigenvalue weighted by atomic mass is 19.4. The van der Waals surface area contributed by atoms with E-state index in [1.54, 1.807) is 12.1 Å². The van der Waals surface area contributed by atoms with E-state index in [0.717, 1.165) is 19.3 Å². The summed E-state index contributed by atoms with van der Waals surface area (Å²) in [5.41, 5.74) is 2.19. The summed E-state index contributed by atoms with van der Waals surface area (Å²) < 4.78 is 43.4. The molecule has 1 saturated carbocycles. The third-order valence-corrected chi connectivity index (χ3v) is 6.01. The lowest BCUT2D eigenvalue weighted by Crippen LogP contribution is -2.29. The fourth-order valence-corrected chi connectivity index (χ4v) is 5.05. The number of halogens is 3. The molecule has 0 bridgehead atoms. The monoisotopic (exact) mass is 461 g/mol. The number of anilines is 2. The Morgan fingerprint density at radius 3 is 2.48 bits per heavy atom. The largest absolute Gasteiger partial charge is 0.573 e. The number of ether oxygens (including phenoxy) is 1. The first-order valence-corrected chi connectivity index (χ1v) is 10.8. The van der Waals surface area contributed by atoms with E-state index in [2.05, 4.69) is 35.8 Å². The number of hydrogen-bond donors (Lipinski definition) is 2. The average molecular weight is 461 g/mol. The summed E-state index contributed by atoms with van der Waals surface area (Å²) in [7, 11) is 0. The highest BCUT2D eigenvalue weighted by Gasteiger charge is 2.35. The molecule has 1 aromatic heterocycles. The highest BCUT2D eigenvalue weighted by molar-refractivity contribution is 5.93. The standard InChI is InChI=1S/C24H26F3N3O3/c1-14-10-17(13-23(2,3)12-14)30-20-11-15(21(31)32)4-9-19(20)29-22(30)28-16-5-7-18(8-6-16)33-24(25,26)27/h4-9,11,14,17H,10,12-13H2,1-3H3,(H,28,29)(H,31,32)/t14-,17?/m0/s1. The van der Waals surface area contributed by atoms with Crippen LogP contribution < -0.4 is 10.1 Å². The zero-order valence-electron chi connectivity index (χ0n) is 18.6. The maximum Gasteiger partial charge on any atom is 0.573 e. The van der Waals surface area contributed by atoms with Crippen molar-refractivity contribution in [3.05, 3.63) is 48.0 Å². The Balaban J connectivity index is 1.74. The zero-order valence-corrected chi connectivity index (χ0v) is 18.6. The highest BCUT2D eigenvalue weighted by Crippen LogP contribution is 2.46. The number of carbonyl (C=O) groups is 1. The molecule has 2 atom stereocenters. The number of aromatic carboxylic acids is 1. The summed E-state index contributed by atoms with van der Waals surface area (Å²) in [6, 6.07) is 10.4.